The molecule has 9 heteroatoms. The molecule has 0 saturated carbocycles. The molecular weight excluding hydrogens is 400 g/mol. The van der Waals surface area contributed by atoms with Crippen LogP contribution in [0.25, 0.3) is 0 Å². The Labute approximate surface area is 185 Å². The zero-order valence-corrected chi connectivity index (χ0v) is 19.9. The number of ether oxygens (including phenoxy) is 1. The summed E-state index contributed by atoms with van der Waals surface area (Å²) in [7, 11) is 1.52. The number of carbonyl (C=O) groups is 4. The predicted molar refractivity (Wildman–Crippen MR) is 116 cm³/mol. The number of hydrogen-bond acceptors (Lipinski definition) is 5. The first-order valence-electron chi connectivity index (χ1n) is 10.9. The minimum Gasteiger partial charge on any atom is -0.378 e. The Morgan fingerprint density at radius 3 is 1.48 bits per heavy atom. The maximum Gasteiger partial charge on any atom is 0.225 e. The SMILES string of the molecule is COC(CNC(=O)C1CC(=O)N(C(C)(C)C)C1)CNC(=O)C1CC(=O)N(C(C)(C)C)C1. The van der Waals surface area contributed by atoms with Gasteiger partial charge in [-0.1, -0.05) is 0 Å². The second-order valence-corrected chi connectivity index (χ2v) is 10.5. The van der Waals surface area contributed by atoms with Gasteiger partial charge in [0.05, 0.1) is 17.9 Å². The normalized spacial score (nSPS) is 23.3. The zero-order valence-electron chi connectivity index (χ0n) is 19.9. The number of likely N-dealkylation sites (tertiary alicyclic amines) is 2. The molecule has 2 fully saturated rings. The minimum atomic E-state index is -0.403. The van der Waals surface area contributed by atoms with Crippen LogP contribution in [0, 0.1) is 11.8 Å². The summed E-state index contributed by atoms with van der Waals surface area (Å²) in [4.78, 5) is 52.9. The van der Waals surface area contributed by atoms with Crippen LogP contribution in [0.15, 0.2) is 0 Å². The van der Waals surface area contributed by atoms with Gasteiger partial charge in [0.15, 0.2) is 0 Å². The lowest BCUT2D eigenvalue weighted by Crippen LogP contribution is -2.46. The van der Waals surface area contributed by atoms with Gasteiger partial charge < -0.3 is 25.2 Å². The van der Waals surface area contributed by atoms with Crippen LogP contribution in [0.5, 0.6) is 0 Å². The summed E-state index contributed by atoms with van der Waals surface area (Å²) in [5, 5.41) is 5.68. The van der Waals surface area contributed by atoms with Gasteiger partial charge in [0, 0.05) is 57.2 Å². The van der Waals surface area contributed by atoms with Gasteiger partial charge in [0.25, 0.3) is 0 Å². The number of amides is 4. The summed E-state index contributed by atoms with van der Waals surface area (Å²) in [6.07, 6.45) is 0.00846. The largest absolute Gasteiger partial charge is 0.378 e. The third kappa shape index (κ3) is 6.41. The number of nitrogens with one attached hydrogen (secondary N) is 2. The summed E-state index contributed by atoms with van der Waals surface area (Å²) >= 11 is 0. The Kier molecular flexibility index (Phi) is 7.73. The molecule has 176 valence electrons. The average molecular weight is 439 g/mol. The van der Waals surface area contributed by atoms with Crippen LogP contribution in [0.3, 0.4) is 0 Å². The van der Waals surface area contributed by atoms with Crippen molar-refractivity contribution in [2.24, 2.45) is 11.8 Å². The highest BCUT2D eigenvalue weighted by Crippen LogP contribution is 2.26. The van der Waals surface area contributed by atoms with E-state index in [2.05, 4.69) is 10.6 Å². The first-order valence-corrected chi connectivity index (χ1v) is 10.9. The molecule has 0 spiro atoms. The Balaban J connectivity index is 1.79. The van der Waals surface area contributed by atoms with Crippen LogP contribution in [0.4, 0.5) is 0 Å². The predicted octanol–water partition coefficient (Wildman–Crippen LogP) is 0.528. The number of methoxy groups -OCH3 is 1. The molecule has 2 N–H and O–H groups in total. The van der Waals surface area contributed by atoms with E-state index in [4.69, 9.17) is 4.74 Å². The van der Waals surface area contributed by atoms with Gasteiger partial charge in [0.2, 0.25) is 23.6 Å². The Morgan fingerprint density at radius 2 is 1.23 bits per heavy atom. The van der Waals surface area contributed by atoms with Gasteiger partial charge in [-0.3, -0.25) is 19.2 Å². The van der Waals surface area contributed by atoms with Gasteiger partial charge in [-0.2, -0.15) is 0 Å². The molecule has 0 aromatic carbocycles. The highest BCUT2D eigenvalue weighted by atomic mass is 16.5. The Bertz CT molecular complexity index is 652. The van der Waals surface area contributed by atoms with Gasteiger partial charge in [-0.05, 0) is 41.5 Å². The van der Waals surface area contributed by atoms with Crippen molar-refractivity contribution in [3.8, 4) is 0 Å². The maximum atomic E-state index is 12.5. The molecule has 4 amide bonds. The van der Waals surface area contributed by atoms with Crippen molar-refractivity contribution >= 4 is 23.6 Å². The fourth-order valence-electron chi connectivity index (χ4n) is 4.02. The van der Waals surface area contributed by atoms with Crippen LogP contribution >= 0.6 is 0 Å². The maximum absolute atomic E-state index is 12.5. The highest BCUT2D eigenvalue weighted by molar-refractivity contribution is 5.90. The van der Waals surface area contributed by atoms with E-state index in [1.165, 1.54) is 7.11 Å². The van der Waals surface area contributed by atoms with E-state index >= 15 is 0 Å². The van der Waals surface area contributed by atoms with Gasteiger partial charge in [0.1, 0.15) is 0 Å². The second-order valence-electron chi connectivity index (χ2n) is 10.5. The Hall–Kier alpha value is -2.16. The van der Waals surface area contributed by atoms with Crippen LogP contribution in [-0.2, 0) is 23.9 Å². The second kappa shape index (κ2) is 9.54. The molecular formula is C22H38N4O5. The molecule has 31 heavy (non-hydrogen) atoms. The minimum absolute atomic E-state index is 0.0152. The van der Waals surface area contributed by atoms with Crippen LogP contribution in [0.1, 0.15) is 54.4 Å². The van der Waals surface area contributed by atoms with Crippen molar-refractivity contribution in [1.82, 2.24) is 20.4 Å². The Morgan fingerprint density at radius 1 is 0.871 bits per heavy atom. The van der Waals surface area contributed by atoms with Crippen molar-refractivity contribution in [3.63, 3.8) is 0 Å². The van der Waals surface area contributed by atoms with Crippen LogP contribution in [0.2, 0.25) is 0 Å². The van der Waals surface area contributed by atoms with E-state index in [0.717, 1.165) is 0 Å². The van der Waals surface area contributed by atoms with Crippen LogP contribution < -0.4 is 10.6 Å². The number of rotatable bonds is 7. The third-order valence-corrected chi connectivity index (χ3v) is 5.95. The van der Waals surface area contributed by atoms with E-state index in [1.54, 1.807) is 9.80 Å². The summed E-state index contributed by atoms with van der Waals surface area (Å²) < 4.78 is 5.39. The van der Waals surface area contributed by atoms with Gasteiger partial charge in [-0.25, -0.2) is 0 Å². The molecule has 2 aliphatic rings. The van der Waals surface area contributed by atoms with Crippen molar-refractivity contribution in [2.45, 2.75) is 71.6 Å². The monoisotopic (exact) mass is 438 g/mol. The first kappa shape index (κ1) is 25.1. The standard InChI is InChI=1S/C22H38N4O5/c1-21(2,3)25-12-14(8-17(25)27)19(29)23-10-16(31-7)11-24-20(30)15-9-18(28)26(13-15)22(4,5)6/h14-16H,8-13H2,1-7H3,(H,23,29)(H,24,30). The fourth-order valence-corrected chi connectivity index (χ4v) is 4.02. The van der Waals surface area contributed by atoms with E-state index in [-0.39, 0.29) is 72.5 Å². The van der Waals surface area contributed by atoms with Gasteiger partial charge >= 0.3 is 0 Å². The van der Waals surface area contributed by atoms with E-state index < -0.39 is 6.10 Å². The lowest BCUT2D eigenvalue weighted by molar-refractivity contribution is -0.132. The molecule has 2 saturated heterocycles. The number of carbonyl (C=O) groups excluding carboxylic acids is 4. The van der Waals surface area contributed by atoms with Crippen molar-refractivity contribution in [3.05, 3.63) is 0 Å². The van der Waals surface area contributed by atoms with E-state index in [0.29, 0.717) is 13.1 Å². The van der Waals surface area contributed by atoms with E-state index in [9.17, 15) is 19.2 Å². The number of nitrogens with zero attached hydrogens (tertiary/aromatic N) is 2. The van der Waals surface area contributed by atoms with Crippen molar-refractivity contribution < 1.29 is 23.9 Å². The molecule has 2 rings (SSSR count). The summed E-state index contributed by atoms with van der Waals surface area (Å²) in [5.74, 6) is -1.16. The topological polar surface area (TPSA) is 108 Å². The molecule has 2 aliphatic heterocycles. The first-order chi connectivity index (χ1) is 14.2. The molecule has 2 unspecified atom stereocenters. The van der Waals surface area contributed by atoms with Crippen molar-refractivity contribution in [1.29, 1.82) is 0 Å². The molecule has 9 nitrogen and oxygen atoms in total. The lowest BCUT2D eigenvalue weighted by atomic mass is 10.1. The quantitative estimate of drug-likeness (QED) is 0.603. The molecule has 2 heterocycles. The molecule has 2 atom stereocenters. The molecule has 0 aromatic rings. The average Bonchev–Trinajstić information content (AvgIpc) is 3.24. The third-order valence-electron chi connectivity index (χ3n) is 5.95. The molecule has 0 bridgehead atoms. The van der Waals surface area contributed by atoms with Crippen molar-refractivity contribution in [2.75, 3.05) is 33.3 Å². The summed E-state index contributed by atoms with van der Waals surface area (Å²) in [5.41, 5.74) is -0.620. The smallest absolute Gasteiger partial charge is 0.225 e. The summed E-state index contributed by atoms with van der Waals surface area (Å²) in [6.45, 7) is 13.0. The summed E-state index contributed by atoms with van der Waals surface area (Å²) in [6, 6.07) is 0. The number of hydrogen-bond donors (Lipinski definition) is 2. The zero-order chi connectivity index (χ0) is 23.6. The molecule has 0 radical (unpaired) electrons. The fraction of sp³-hybridized carbons (Fsp3) is 0.818. The van der Waals surface area contributed by atoms with E-state index in [1.807, 2.05) is 41.5 Å². The highest BCUT2D eigenvalue weighted by Gasteiger charge is 2.40. The van der Waals surface area contributed by atoms with Crippen LogP contribution in [-0.4, -0.2) is 83.9 Å². The molecule has 0 aromatic heterocycles. The molecule has 0 aliphatic carbocycles. The lowest BCUT2D eigenvalue weighted by Gasteiger charge is -2.32. The van der Waals surface area contributed by atoms with Gasteiger partial charge in [-0.15, -0.1) is 0 Å².